The average molecular weight is 387 g/mol. The summed E-state index contributed by atoms with van der Waals surface area (Å²) in [6, 6.07) is 18.6. The van der Waals surface area contributed by atoms with Crippen molar-refractivity contribution in [3.05, 3.63) is 71.3 Å². The van der Waals surface area contributed by atoms with Gasteiger partial charge >= 0.3 is 0 Å². The highest BCUT2D eigenvalue weighted by atomic mass is 32.2. The molecule has 0 amide bonds. The fraction of sp³-hybridized carbons (Fsp3) is 0.478. The Bertz CT molecular complexity index is 793. The Morgan fingerprint density at radius 3 is 2.33 bits per heavy atom. The molecule has 0 bridgehead atoms. The minimum Gasteiger partial charge on any atom is -0.270 e. The molecule has 0 spiro atoms. The Morgan fingerprint density at radius 2 is 1.56 bits per heavy atom. The first-order valence-corrected chi connectivity index (χ1v) is 11.7. The van der Waals surface area contributed by atoms with Gasteiger partial charge in [-0.3, -0.25) is 4.18 Å². The molecule has 0 atom stereocenters. The lowest BCUT2D eigenvalue weighted by Crippen LogP contribution is -2.13. The molecule has 0 aromatic heterocycles. The number of aryl methyl sites for hydroxylation is 2. The summed E-state index contributed by atoms with van der Waals surface area (Å²) in [4.78, 5) is 0. The largest absolute Gasteiger partial charge is 0.270 e. The third kappa shape index (κ3) is 6.47. The molecule has 27 heavy (non-hydrogen) atoms. The van der Waals surface area contributed by atoms with Gasteiger partial charge in [0.1, 0.15) is 0 Å². The maximum atomic E-state index is 12.1. The number of hydrogen-bond donors (Lipinski definition) is 0. The predicted octanol–water partition coefficient (Wildman–Crippen LogP) is 5.26. The highest BCUT2D eigenvalue weighted by molar-refractivity contribution is 7.86. The summed E-state index contributed by atoms with van der Waals surface area (Å²) in [6.07, 6.45) is 8.18. The number of rotatable bonds is 10. The van der Waals surface area contributed by atoms with Crippen LogP contribution in [0.25, 0.3) is 0 Å². The molecule has 0 N–H and O–H groups in total. The molecule has 0 radical (unpaired) electrons. The fourth-order valence-electron chi connectivity index (χ4n) is 4.00. The maximum Gasteiger partial charge on any atom is 0.267 e. The lowest BCUT2D eigenvalue weighted by molar-refractivity contribution is 0.311. The van der Waals surface area contributed by atoms with Crippen LogP contribution in [0.5, 0.6) is 0 Å². The van der Waals surface area contributed by atoms with Gasteiger partial charge in [0.15, 0.2) is 0 Å². The molecule has 1 saturated carbocycles. The second-order valence-electron chi connectivity index (χ2n) is 7.46. The van der Waals surface area contributed by atoms with Crippen LogP contribution in [0.1, 0.15) is 61.1 Å². The number of hydrogen-bond acceptors (Lipinski definition) is 3. The van der Waals surface area contributed by atoms with E-state index in [2.05, 4.69) is 24.3 Å². The lowest BCUT2D eigenvalue weighted by atomic mass is 9.91. The summed E-state index contributed by atoms with van der Waals surface area (Å²) in [5.41, 5.74) is 3.98. The van der Waals surface area contributed by atoms with Gasteiger partial charge in [-0.25, -0.2) is 0 Å². The van der Waals surface area contributed by atoms with Crippen molar-refractivity contribution in [3.8, 4) is 0 Å². The average Bonchev–Trinajstić information content (AvgIpc) is 3.21. The third-order valence-corrected chi connectivity index (χ3v) is 6.72. The highest BCUT2D eigenvalue weighted by Gasteiger charge is 2.19. The quantitative estimate of drug-likeness (QED) is 0.413. The van der Waals surface area contributed by atoms with Crippen LogP contribution in [0.3, 0.4) is 0 Å². The zero-order chi connectivity index (χ0) is 19.0. The minimum absolute atomic E-state index is 0.0839. The van der Waals surface area contributed by atoms with E-state index in [0.29, 0.717) is 12.3 Å². The van der Waals surface area contributed by atoms with E-state index in [1.165, 1.54) is 36.8 Å². The molecule has 2 aromatic carbocycles. The minimum atomic E-state index is -3.43. The van der Waals surface area contributed by atoms with E-state index in [1.54, 1.807) is 0 Å². The van der Waals surface area contributed by atoms with E-state index in [9.17, 15) is 8.42 Å². The topological polar surface area (TPSA) is 43.4 Å². The first-order chi connectivity index (χ1) is 13.1. The molecular weight excluding hydrogens is 356 g/mol. The Kier molecular flexibility index (Phi) is 7.48. The molecule has 1 aliphatic carbocycles. The third-order valence-electron chi connectivity index (χ3n) is 5.41. The van der Waals surface area contributed by atoms with Crippen molar-refractivity contribution < 1.29 is 12.6 Å². The Labute approximate surface area is 163 Å². The van der Waals surface area contributed by atoms with Crippen LogP contribution < -0.4 is 0 Å². The standard InChI is InChI=1S/C23H30O3S/c24-27(25,19-9-12-20-10-2-1-3-11-20)26-18-8-16-22-15-6-7-17-23(22)21-13-4-5-14-21/h1-3,6-7,10-11,15,17,21H,4-5,8-9,12-14,16,18-19H2. The first-order valence-electron chi connectivity index (χ1n) is 10.1. The molecule has 1 aliphatic rings. The van der Waals surface area contributed by atoms with Gasteiger partial charge in [-0.1, -0.05) is 67.4 Å². The molecule has 3 rings (SSSR count). The summed E-state index contributed by atoms with van der Waals surface area (Å²) in [5.74, 6) is 0.768. The van der Waals surface area contributed by atoms with Crippen molar-refractivity contribution in [3.63, 3.8) is 0 Å². The van der Waals surface area contributed by atoms with E-state index in [4.69, 9.17) is 4.18 Å². The molecule has 2 aromatic rings. The van der Waals surface area contributed by atoms with Crippen LogP contribution in [0.15, 0.2) is 54.6 Å². The summed E-state index contributed by atoms with van der Waals surface area (Å²) < 4.78 is 29.4. The first kappa shape index (κ1) is 20.1. The molecule has 1 fully saturated rings. The van der Waals surface area contributed by atoms with Gasteiger partial charge in [0.05, 0.1) is 12.4 Å². The Hall–Kier alpha value is -1.65. The van der Waals surface area contributed by atoms with Crippen molar-refractivity contribution in [2.75, 3.05) is 12.4 Å². The monoisotopic (exact) mass is 386 g/mol. The number of benzene rings is 2. The van der Waals surface area contributed by atoms with Crippen molar-refractivity contribution in [2.45, 2.75) is 57.3 Å². The van der Waals surface area contributed by atoms with Crippen molar-refractivity contribution >= 4 is 10.1 Å². The zero-order valence-corrected chi connectivity index (χ0v) is 16.8. The molecule has 0 saturated heterocycles. The zero-order valence-electron chi connectivity index (χ0n) is 16.0. The molecule has 146 valence electrons. The fourth-order valence-corrected chi connectivity index (χ4v) is 4.99. The lowest BCUT2D eigenvalue weighted by Gasteiger charge is -2.15. The molecule has 3 nitrogen and oxygen atoms in total. The highest BCUT2D eigenvalue weighted by Crippen LogP contribution is 2.36. The predicted molar refractivity (Wildman–Crippen MR) is 110 cm³/mol. The van der Waals surface area contributed by atoms with E-state index in [0.717, 1.165) is 24.8 Å². The van der Waals surface area contributed by atoms with Gasteiger partial charge in [-0.15, -0.1) is 0 Å². The molecule has 0 heterocycles. The Balaban J connectivity index is 1.40. The van der Waals surface area contributed by atoms with Crippen LogP contribution >= 0.6 is 0 Å². The van der Waals surface area contributed by atoms with Gasteiger partial charge in [0.2, 0.25) is 0 Å². The van der Waals surface area contributed by atoms with Gasteiger partial charge in [0.25, 0.3) is 10.1 Å². The summed E-state index contributed by atoms with van der Waals surface area (Å²) in [5, 5.41) is 0. The summed E-state index contributed by atoms with van der Waals surface area (Å²) >= 11 is 0. The van der Waals surface area contributed by atoms with E-state index in [1.807, 2.05) is 30.3 Å². The van der Waals surface area contributed by atoms with Gasteiger partial charge in [-0.2, -0.15) is 8.42 Å². The van der Waals surface area contributed by atoms with Crippen molar-refractivity contribution in [1.29, 1.82) is 0 Å². The van der Waals surface area contributed by atoms with Gasteiger partial charge < -0.3 is 0 Å². The van der Waals surface area contributed by atoms with E-state index < -0.39 is 10.1 Å². The van der Waals surface area contributed by atoms with Gasteiger partial charge in [-0.05, 0) is 61.1 Å². The van der Waals surface area contributed by atoms with Crippen LogP contribution in [0, 0.1) is 0 Å². The molecule has 0 unspecified atom stereocenters. The summed E-state index contributed by atoms with van der Waals surface area (Å²) in [7, 11) is -3.43. The smallest absolute Gasteiger partial charge is 0.267 e. The summed E-state index contributed by atoms with van der Waals surface area (Å²) in [6.45, 7) is 0.271. The maximum absolute atomic E-state index is 12.1. The Morgan fingerprint density at radius 1 is 0.852 bits per heavy atom. The van der Waals surface area contributed by atoms with E-state index >= 15 is 0 Å². The van der Waals surface area contributed by atoms with E-state index in [-0.39, 0.29) is 12.4 Å². The van der Waals surface area contributed by atoms with Crippen molar-refractivity contribution in [2.24, 2.45) is 0 Å². The van der Waals surface area contributed by atoms with Crippen LogP contribution in [0.2, 0.25) is 0 Å². The normalized spacial score (nSPS) is 15.3. The second kappa shape index (κ2) is 10.0. The molecule has 4 heteroatoms. The van der Waals surface area contributed by atoms with Crippen LogP contribution in [-0.4, -0.2) is 20.8 Å². The molecule has 0 aliphatic heterocycles. The van der Waals surface area contributed by atoms with Gasteiger partial charge in [0, 0.05) is 0 Å². The second-order valence-corrected chi connectivity index (χ2v) is 9.22. The SMILES string of the molecule is O=S(=O)(CCCc1ccccc1)OCCCc1ccccc1C1CCCC1. The van der Waals surface area contributed by atoms with Crippen molar-refractivity contribution in [1.82, 2.24) is 0 Å². The molecular formula is C23H30O3S. The van der Waals surface area contributed by atoms with Crippen LogP contribution in [-0.2, 0) is 27.1 Å². The van der Waals surface area contributed by atoms with Crippen LogP contribution in [0.4, 0.5) is 0 Å².